The molecule has 1 fully saturated rings. The Bertz CT molecular complexity index is 1140. The van der Waals surface area contributed by atoms with Crippen molar-refractivity contribution in [2.75, 3.05) is 20.2 Å². The summed E-state index contributed by atoms with van der Waals surface area (Å²) in [5.74, 6) is -0.226. The summed E-state index contributed by atoms with van der Waals surface area (Å²) in [4.78, 5) is 12.4. The van der Waals surface area contributed by atoms with Gasteiger partial charge in [-0.05, 0) is 41.8 Å². The number of hydrogen-bond donors (Lipinski definition) is 0. The van der Waals surface area contributed by atoms with Crippen LogP contribution >= 0.6 is 0 Å². The maximum Gasteiger partial charge on any atom is 0.338 e. The van der Waals surface area contributed by atoms with Crippen LogP contribution in [0.4, 0.5) is 0 Å². The lowest BCUT2D eigenvalue weighted by Crippen LogP contribution is -2.38. The molecular weight excluding hydrogens is 386 g/mol. The fraction of sp³-hybridized carbons (Fsp3) is 0.261. The third-order valence-electron chi connectivity index (χ3n) is 5.63. The van der Waals surface area contributed by atoms with E-state index in [1.807, 2.05) is 48.5 Å². The number of nitrogens with zero attached hydrogens (tertiary/aromatic N) is 1. The van der Waals surface area contributed by atoms with Gasteiger partial charge in [0.05, 0.1) is 17.6 Å². The predicted octanol–water partition coefficient (Wildman–Crippen LogP) is 4.19. The Morgan fingerprint density at radius 3 is 2.34 bits per heavy atom. The van der Waals surface area contributed by atoms with Crippen LogP contribution in [0, 0.1) is 0 Å². The highest BCUT2D eigenvalue weighted by atomic mass is 32.2. The van der Waals surface area contributed by atoms with Crippen LogP contribution in [0.1, 0.15) is 34.7 Å². The summed E-state index contributed by atoms with van der Waals surface area (Å²) in [5.41, 5.74) is 1.49. The molecule has 0 spiro atoms. The van der Waals surface area contributed by atoms with Crippen LogP contribution in [-0.4, -0.2) is 38.9 Å². The molecule has 1 heterocycles. The normalized spacial score (nSPS) is 16.0. The molecular formula is C23H23NO4S. The van der Waals surface area contributed by atoms with Gasteiger partial charge in [0.15, 0.2) is 0 Å². The molecule has 1 aliphatic rings. The lowest BCUT2D eigenvalue weighted by molar-refractivity contribution is 0.0598. The highest BCUT2D eigenvalue weighted by Crippen LogP contribution is 2.34. The third-order valence-corrected chi connectivity index (χ3v) is 7.58. The van der Waals surface area contributed by atoms with Gasteiger partial charge in [0.1, 0.15) is 0 Å². The molecule has 0 aliphatic carbocycles. The first-order valence-electron chi connectivity index (χ1n) is 9.67. The van der Waals surface area contributed by atoms with Crippen LogP contribution in [-0.2, 0) is 14.8 Å². The van der Waals surface area contributed by atoms with E-state index in [4.69, 9.17) is 4.74 Å². The molecule has 0 saturated carbocycles. The fourth-order valence-electron chi connectivity index (χ4n) is 4.12. The lowest BCUT2D eigenvalue weighted by Gasteiger charge is -2.32. The van der Waals surface area contributed by atoms with E-state index < -0.39 is 10.0 Å². The van der Waals surface area contributed by atoms with Crippen molar-refractivity contribution >= 4 is 26.8 Å². The van der Waals surface area contributed by atoms with E-state index >= 15 is 0 Å². The van der Waals surface area contributed by atoms with E-state index in [-0.39, 0.29) is 11.9 Å². The molecule has 0 unspecified atom stereocenters. The van der Waals surface area contributed by atoms with E-state index in [2.05, 4.69) is 0 Å². The number of rotatable bonds is 4. The van der Waals surface area contributed by atoms with Crippen LogP contribution in [0.3, 0.4) is 0 Å². The molecule has 0 amide bonds. The summed E-state index contributed by atoms with van der Waals surface area (Å²) < 4.78 is 33.1. The summed E-state index contributed by atoms with van der Waals surface area (Å²) in [7, 11) is -2.21. The largest absolute Gasteiger partial charge is 0.465 e. The molecule has 3 aromatic carbocycles. The Hall–Kier alpha value is -2.70. The van der Waals surface area contributed by atoms with Gasteiger partial charge in [-0.3, -0.25) is 0 Å². The van der Waals surface area contributed by atoms with Gasteiger partial charge in [-0.2, -0.15) is 4.31 Å². The van der Waals surface area contributed by atoms with E-state index in [1.165, 1.54) is 7.11 Å². The SMILES string of the molecule is COC(=O)c1ccccc1C1CCN(S(=O)(=O)c2cccc3ccccc23)CC1. The van der Waals surface area contributed by atoms with E-state index in [9.17, 15) is 13.2 Å². The minimum Gasteiger partial charge on any atom is -0.465 e. The molecule has 0 aromatic heterocycles. The second kappa shape index (κ2) is 7.97. The number of ether oxygens (including phenoxy) is 1. The molecule has 0 radical (unpaired) electrons. The summed E-state index contributed by atoms with van der Waals surface area (Å²) in [6.07, 6.45) is 1.33. The second-order valence-corrected chi connectivity index (χ2v) is 9.14. The van der Waals surface area contributed by atoms with Crippen LogP contribution < -0.4 is 0 Å². The highest BCUT2D eigenvalue weighted by Gasteiger charge is 2.32. The number of carbonyl (C=O) groups excluding carboxylic acids is 1. The molecule has 5 nitrogen and oxygen atoms in total. The number of hydrogen-bond acceptors (Lipinski definition) is 4. The first kappa shape index (κ1) is 19.6. The van der Waals surface area contributed by atoms with Crippen molar-refractivity contribution in [3.8, 4) is 0 Å². The standard InChI is InChI=1S/C23H23NO4S/c1-28-23(25)21-11-5-4-9-19(21)18-13-15-24(16-14-18)29(26,27)22-12-6-8-17-7-2-3-10-20(17)22/h2-12,18H,13-16H2,1H3. The van der Waals surface area contributed by atoms with Crippen LogP contribution in [0.25, 0.3) is 10.8 Å². The van der Waals surface area contributed by atoms with Gasteiger partial charge in [0.2, 0.25) is 10.0 Å². The molecule has 0 bridgehead atoms. The number of carbonyl (C=O) groups is 1. The van der Waals surface area contributed by atoms with Crippen molar-refractivity contribution in [3.63, 3.8) is 0 Å². The zero-order valence-electron chi connectivity index (χ0n) is 16.2. The van der Waals surface area contributed by atoms with E-state index in [1.54, 1.807) is 22.5 Å². The Labute approximate surface area is 171 Å². The molecule has 3 aromatic rings. The number of methoxy groups -OCH3 is 1. The smallest absolute Gasteiger partial charge is 0.338 e. The Kier molecular flexibility index (Phi) is 5.39. The van der Waals surface area contributed by atoms with Crippen molar-refractivity contribution < 1.29 is 17.9 Å². The minimum atomic E-state index is -3.58. The van der Waals surface area contributed by atoms with Gasteiger partial charge in [0.25, 0.3) is 0 Å². The van der Waals surface area contributed by atoms with Crippen molar-refractivity contribution in [2.24, 2.45) is 0 Å². The monoisotopic (exact) mass is 409 g/mol. The molecule has 1 saturated heterocycles. The maximum absolute atomic E-state index is 13.3. The summed E-state index contributed by atoms with van der Waals surface area (Å²) in [5, 5.41) is 1.66. The average Bonchev–Trinajstić information content (AvgIpc) is 2.78. The van der Waals surface area contributed by atoms with E-state index in [0.717, 1.165) is 16.3 Å². The van der Waals surface area contributed by atoms with E-state index in [0.29, 0.717) is 36.4 Å². The fourth-order valence-corrected chi connectivity index (χ4v) is 5.80. The van der Waals surface area contributed by atoms with Gasteiger partial charge in [-0.25, -0.2) is 13.2 Å². The molecule has 29 heavy (non-hydrogen) atoms. The number of sulfonamides is 1. The Balaban J connectivity index is 1.58. The number of esters is 1. The number of piperidine rings is 1. The van der Waals surface area contributed by atoms with Gasteiger partial charge >= 0.3 is 5.97 Å². The Morgan fingerprint density at radius 1 is 0.931 bits per heavy atom. The zero-order valence-corrected chi connectivity index (χ0v) is 17.1. The van der Waals surface area contributed by atoms with Crippen molar-refractivity contribution in [3.05, 3.63) is 77.9 Å². The van der Waals surface area contributed by atoms with Gasteiger partial charge in [-0.1, -0.05) is 54.6 Å². The zero-order chi connectivity index (χ0) is 20.4. The van der Waals surface area contributed by atoms with Gasteiger partial charge in [0, 0.05) is 18.5 Å². The van der Waals surface area contributed by atoms with Gasteiger partial charge in [-0.15, -0.1) is 0 Å². The molecule has 6 heteroatoms. The first-order valence-corrected chi connectivity index (χ1v) is 11.1. The maximum atomic E-state index is 13.3. The first-order chi connectivity index (χ1) is 14.0. The quantitative estimate of drug-likeness (QED) is 0.606. The van der Waals surface area contributed by atoms with Crippen molar-refractivity contribution in [1.29, 1.82) is 0 Å². The molecule has 150 valence electrons. The second-order valence-electron chi connectivity index (χ2n) is 7.23. The van der Waals surface area contributed by atoms with Crippen molar-refractivity contribution in [1.82, 2.24) is 4.31 Å². The van der Waals surface area contributed by atoms with Crippen LogP contribution in [0.5, 0.6) is 0 Å². The summed E-state index contributed by atoms with van der Waals surface area (Å²) >= 11 is 0. The van der Waals surface area contributed by atoms with Crippen LogP contribution in [0.2, 0.25) is 0 Å². The predicted molar refractivity (Wildman–Crippen MR) is 112 cm³/mol. The number of fused-ring (bicyclic) bond motifs is 1. The lowest BCUT2D eigenvalue weighted by atomic mass is 9.87. The summed E-state index contributed by atoms with van der Waals surface area (Å²) in [6.45, 7) is 0.845. The van der Waals surface area contributed by atoms with Crippen LogP contribution in [0.15, 0.2) is 71.6 Å². The topological polar surface area (TPSA) is 63.7 Å². The number of benzene rings is 3. The minimum absolute atomic E-state index is 0.129. The summed E-state index contributed by atoms with van der Waals surface area (Å²) in [6, 6.07) is 20.3. The highest BCUT2D eigenvalue weighted by molar-refractivity contribution is 7.89. The Morgan fingerprint density at radius 2 is 1.59 bits per heavy atom. The molecule has 4 rings (SSSR count). The molecule has 0 N–H and O–H groups in total. The third kappa shape index (κ3) is 3.66. The van der Waals surface area contributed by atoms with Gasteiger partial charge < -0.3 is 4.74 Å². The molecule has 0 atom stereocenters. The van der Waals surface area contributed by atoms with Crippen molar-refractivity contribution in [2.45, 2.75) is 23.7 Å². The molecule has 1 aliphatic heterocycles. The average molecular weight is 410 g/mol.